The SMILES string of the molecule is O=C(C=Cc1cnn(Cc2ccccc2)c1)N1CCN(c2cccc(Cl)c2)CC1. The van der Waals surface area contributed by atoms with Gasteiger partial charge in [-0.15, -0.1) is 0 Å². The second-order valence-electron chi connectivity index (χ2n) is 7.08. The van der Waals surface area contributed by atoms with Crippen molar-refractivity contribution >= 4 is 29.3 Å². The molecule has 3 aromatic rings. The van der Waals surface area contributed by atoms with Gasteiger partial charge in [-0.1, -0.05) is 48.0 Å². The molecule has 0 radical (unpaired) electrons. The number of amides is 1. The minimum absolute atomic E-state index is 0.0338. The summed E-state index contributed by atoms with van der Waals surface area (Å²) < 4.78 is 1.88. The molecule has 4 rings (SSSR count). The summed E-state index contributed by atoms with van der Waals surface area (Å²) in [5.41, 5.74) is 3.22. The third-order valence-corrected chi connectivity index (χ3v) is 5.26. The molecule has 1 aromatic heterocycles. The smallest absolute Gasteiger partial charge is 0.246 e. The summed E-state index contributed by atoms with van der Waals surface area (Å²) in [6, 6.07) is 18.0. The van der Waals surface area contributed by atoms with E-state index in [0.29, 0.717) is 19.6 Å². The number of benzene rings is 2. The average molecular weight is 407 g/mol. The number of aromatic nitrogens is 2. The maximum Gasteiger partial charge on any atom is 0.246 e. The molecule has 0 atom stereocenters. The van der Waals surface area contributed by atoms with Gasteiger partial charge in [-0.25, -0.2) is 0 Å². The van der Waals surface area contributed by atoms with E-state index in [1.165, 1.54) is 5.56 Å². The quantitative estimate of drug-likeness (QED) is 0.602. The molecule has 6 heteroatoms. The zero-order valence-electron chi connectivity index (χ0n) is 16.1. The van der Waals surface area contributed by atoms with Gasteiger partial charge in [-0.05, 0) is 29.8 Å². The molecule has 2 heterocycles. The van der Waals surface area contributed by atoms with Crippen molar-refractivity contribution < 1.29 is 4.79 Å². The zero-order chi connectivity index (χ0) is 20.1. The van der Waals surface area contributed by atoms with Crippen molar-refractivity contribution in [2.24, 2.45) is 0 Å². The van der Waals surface area contributed by atoms with Gasteiger partial charge in [0.15, 0.2) is 0 Å². The standard InChI is InChI=1S/C23H23ClN4O/c24-21-7-4-8-22(15-21)26-11-13-27(14-12-26)23(29)10-9-20-16-25-28(18-20)17-19-5-2-1-3-6-19/h1-10,15-16,18H,11-14,17H2. The number of anilines is 1. The van der Waals surface area contributed by atoms with Gasteiger partial charge in [-0.3, -0.25) is 9.48 Å². The number of halogens is 1. The fourth-order valence-corrected chi connectivity index (χ4v) is 3.64. The Morgan fingerprint density at radius 3 is 2.59 bits per heavy atom. The fourth-order valence-electron chi connectivity index (χ4n) is 3.45. The molecule has 5 nitrogen and oxygen atoms in total. The van der Waals surface area contributed by atoms with Crippen molar-refractivity contribution in [1.29, 1.82) is 0 Å². The lowest BCUT2D eigenvalue weighted by molar-refractivity contribution is -0.126. The van der Waals surface area contributed by atoms with Crippen LogP contribution in [0.2, 0.25) is 5.02 Å². The highest BCUT2D eigenvalue weighted by molar-refractivity contribution is 6.30. The molecule has 0 bridgehead atoms. The van der Waals surface area contributed by atoms with E-state index in [1.807, 2.05) is 58.3 Å². The third-order valence-electron chi connectivity index (χ3n) is 5.02. The van der Waals surface area contributed by atoms with Gasteiger partial charge in [0.25, 0.3) is 0 Å². The zero-order valence-corrected chi connectivity index (χ0v) is 16.9. The van der Waals surface area contributed by atoms with Crippen molar-refractivity contribution in [1.82, 2.24) is 14.7 Å². The van der Waals surface area contributed by atoms with E-state index in [9.17, 15) is 4.79 Å². The van der Waals surface area contributed by atoms with Crippen LogP contribution in [0.25, 0.3) is 6.08 Å². The van der Waals surface area contributed by atoms with Crippen molar-refractivity contribution in [2.75, 3.05) is 31.1 Å². The van der Waals surface area contributed by atoms with E-state index in [-0.39, 0.29) is 5.91 Å². The Kier molecular flexibility index (Phi) is 5.96. The second-order valence-corrected chi connectivity index (χ2v) is 7.52. The molecule has 0 unspecified atom stereocenters. The predicted octanol–water partition coefficient (Wildman–Crippen LogP) is 3.95. The van der Waals surface area contributed by atoms with E-state index in [4.69, 9.17) is 11.6 Å². The van der Waals surface area contributed by atoms with E-state index in [1.54, 1.807) is 12.3 Å². The lowest BCUT2D eigenvalue weighted by Crippen LogP contribution is -2.48. The first-order valence-electron chi connectivity index (χ1n) is 9.71. The summed E-state index contributed by atoms with van der Waals surface area (Å²) in [5.74, 6) is 0.0338. The van der Waals surface area contributed by atoms with Gasteiger partial charge in [-0.2, -0.15) is 5.10 Å². The second kappa shape index (κ2) is 8.97. The normalized spacial score (nSPS) is 14.5. The van der Waals surface area contributed by atoms with E-state index in [0.717, 1.165) is 29.4 Å². The molecule has 1 aliphatic heterocycles. The summed E-state index contributed by atoms with van der Waals surface area (Å²) in [7, 11) is 0. The van der Waals surface area contributed by atoms with Crippen LogP contribution in [-0.2, 0) is 11.3 Å². The van der Waals surface area contributed by atoms with Crippen LogP contribution in [0, 0.1) is 0 Å². The van der Waals surface area contributed by atoms with E-state index in [2.05, 4.69) is 28.2 Å². The number of hydrogen-bond donors (Lipinski definition) is 0. The van der Waals surface area contributed by atoms with Crippen molar-refractivity contribution in [3.05, 3.63) is 89.2 Å². The molecule has 0 aliphatic carbocycles. The molecule has 2 aromatic carbocycles. The molecule has 1 fully saturated rings. The molecule has 0 N–H and O–H groups in total. The highest BCUT2D eigenvalue weighted by Crippen LogP contribution is 2.20. The van der Waals surface area contributed by atoms with E-state index < -0.39 is 0 Å². The van der Waals surface area contributed by atoms with E-state index >= 15 is 0 Å². The van der Waals surface area contributed by atoms with Crippen LogP contribution in [0.1, 0.15) is 11.1 Å². The highest BCUT2D eigenvalue weighted by atomic mass is 35.5. The van der Waals surface area contributed by atoms with Crippen LogP contribution in [0.4, 0.5) is 5.69 Å². The number of nitrogens with zero attached hydrogens (tertiary/aromatic N) is 4. The Labute approximate surface area is 175 Å². The van der Waals surface area contributed by atoms with Crippen molar-refractivity contribution in [2.45, 2.75) is 6.54 Å². The lowest BCUT2D eigenvalue weighted by Gasteiger charge is -2.35. The Bertz CT molecular complexity index is 991. The summed E-state index contributed by atoms with van der Waals surface area (Å²) in [5, 5.41) is 5.11. The Morgan fingerprint density at radius 1 is 1.03 bits per heavy atom. The van der Waals surface area contributed by atoms with Gasteiger partial charge < -0.3 is 9.80 Å². The average Bonchev–Trinajstić information content (AvgIpc) is 3.20. The van der Waals surface area contributed by atoms with Crippen LogP contribution in [0.3, 0.4) is 0 Å². The fraction of sp³-hybridized carbons (Fsp3) is 0.217. The number of carbonyl (C=O) groups excluding carboxylic acids is 1. The molecule has 1 amide bonds. The number of carbonyl (C=O) groups is 1. The Balaban J connectivity index is 1.30. The molecule has 29 heavy (non-hydrogen) atoms. The number of hydrogen-bond acceptors (Lipinski definition) is 3. The topological polar surface area (TPSA) is 41.4 Å². The van der Waals surface area contributed by atoms with Gasteiger partial charge >= 0.3 is 0 Å². The van der Waals surface area contributed by atoms with Gasteiger partial charge in [0, 0.05) is 54.7 Å². The van der Waals surface area contributed by atoms with Crippen LogP contribution in [0.5, 0.6) is 0 Å². The molecular weight excluding hydrogens is 384 g/mol. The molecule has 148 valence electrons. The minimum Gasteiger partial charge on any atom is -0.368 e. The van der Waals surface area contributed by atoms with Crippen LogP contribution >= 0.6 is 11.6 Å². The first-order valence-corrected chi connectivity index (χ1v) is 10.1. The van der Waals surface area contributed by atoms with Crippen molar-refractivity contribution in [3.8, 4) is 0 Å². The van der Waals surface area contributed by atoms with Gasteiger partial charge in [0.05, 0.1) is 12.7 Å². The first-order chi connectivity index (χ1) is 14.2. The predicted molar refractivity (Wildman–Crippen MR) is 117 cm³/mol. The first kappa shape index (κ1) is 19.3. The molecule has 0 saturated carbocycles. The summed E-state index contributed by atoms with van der Waals surface area (Å²) in [6.45, 7) is 3.71. The third kappa shape index (κ3) is 5.06. The molecular formula is C23H23ClN4O. The van der Waals surface area contributed by atoms with Gasteiger partial charge in [0.1, 0.15) is 0 Å². The monoisotopic (exact) mass is 406 g/mol. The van der Waals surface area contributed by atoms with Gasteiger partial charge in [0.2, 0.25) is 5.91 Å². The molecule has 1 aliphatic rings. The van der Waals surface area contributed by atoms with Crippen LogP contribution in [0.15, 0.2) is 73.1 Å². The summed E-state index contributed by atoms with van der Waals surface area (Å²) in [4.78, 5) is 16.7. The lowest BCUT2D eigenvalue weighted by atomic mass is 10.2. The molecule has 1 saturated heterocycles. The largest absolute Gasteiger partial charge is 0.368 e. The summed E-state index contributed by atoms with van der Waals surface area (Å²) >= 11 is 6.08. The van der Waals surface area contributed by atoms with Crippen molar-refractivity contribution in [3.63, 3.8) is 0 Å². The highest BCUT2D eigenvalue weighted by Gasteiger charge is 2.19. The summed E-state index contributed by atoms with van der Waals surface area (Å²) in [6.07, 6.45) is 7.21. The maximum atomic E-state index is 12.5. The van der Waals surface area contributed by atoms with Crippen LogP contribution in [-0.4, -0.2) is 46.8 Å². The molecule has 0 spiro atoms. The Hall–Kier alpha value is -3.05. The number of piperazine rings is 1. The maximum absolute atomic E-state index is 12.5. The van der Waals surface area contributed by atoms with Crippen LogP contribution < -0.4 is 4.90 Å². The number of rotatable bonds is 5. The minimum atomic E-state index is 0.0338. The Morgan fingerprint density at radius 2 is 1.83 bits per heavy atom.